The zero-order valence-corrected chi connectivity index (χ0v) is 12.6. The summed E-state index contributed by atoms with van der Waals surface area (Å²) in [6.45, 7) is 4.98. The number of carbonyl (C=O) groups is 1. The van der Waals surface area contributed by atoms with Crippen molar-refractivity contribution in [3.05, 3.63) is 29.8 Å². The van der Waals surface area contributed by atoms with E-state index in [1.165, 1.54) is 0 Å². The summed E-state index contributed by atoms with van der Waals surface area (Å²) in [6.07, 6.45) is 1.97. The molecule has 4 nitrogen and oxygen atoms in total. The minimum Gasteiger partial charge on any atom is -0.496 e. The van der Waals surface area contributed by atoms with Gasteiger partial charge in [-0.15, -0.1) is 0 Å². The van der Waals surface area contributed by atoms with E-state index in [9.17, 15) is 4.79 Å². The molecular weight excluding hydrogens is 254 g/mol. The molecule has 1 aromatic rings. The van der Waals surface area contributed by atoms with Crippen molar-refractivity contribution in [3.8, 4) is 5.75 Å². The van der Waals surface area contributed by atoms with Crippen LogP contribution in [0.2, 0.25) is 0 Å². The summed E-state index contributed by atoms with van der Waals surface area (Å²) >= 11 is 0. The molecule has 0 aliphatic rings. The molecule has 0 aliphatic heterocycles. The van der Waals surface area contributed by atoms with Crippen molar-refractivity contribution in [2.24, 2.45) is 5.41 Å². The summed E-state index contributed by atoms with van der Waals surface area (Å²) in [5.41, 5.74) is 0.889. The third-order valence-electron chi connectivity index (χ3n) is 3.32. The largest absolute Gasteiger partial charge is 0.496 e. The predicted molar refractivity (Wildman–Crippen MR) is 79.8 cm³/mol. The average Bonchev–Trinajstić information content (AvgIpc) is 2.44. The molecule has 0 aromatic heterocycles. The highest BCUT2D eigenvalue weighted by Gasteiger charge is 2.18. The maximum Gasteiger partial charge on any atom is 0.224 e. The van der Waals surface area contributed by atoms with E-state index < -0.39 is 0 Å². The summed E-state index contributed by atoms with van der Waals surface area (Å²) < 4.78 is 5.24. The summed E-state index contributed by atoms with van der Waals surface area (Å²) in [4.78, 5) is 12.0. The Morgan fingerprint density at radius 1 is 1.35 bits per heavy atom. The average molecular weight is 279 g/mol. The Morgan fingerprint density at radius 3 is 2.70 bits per heavy atom. The molecule has 0 atom stereocenters. The molecule has 1 rings (SSSR count). The van der Waals surface area contributed by atoms with Gasteiger partial charge in [-0.05, 0) is 24.3 Å². The number of nitrogens with one attached hydrogen (secondary N) is 1. The van der Waals surface area contributed by atoms with E-state index in [1.807, 2.05) is 24.3 Å². The number of hydrogen-bond acceptors (Lipinski definition) is 3. The number of aliphatic hydroxyl groups excluding tert-OH is 1. The molecule has 0 aliphatic carbocycles. The number of aliphatic hydroxyl groups is 1. The summed E-state index contributed by atoms with van der Waals surface area (Å²) in [5, 5.41) is 11.8. The van der Waals surface area contributed by atoms with Crippen molar-refractivity contribution in [1.29, 1.82) is 0 Å². The molecule has 0 fully saturated rings. The van der Waals surface area contributed by atoms with E-state index >= 15 is 0 Å². The van der Waals surface area contributed by atoms with E-state index in [0.717, 1.165) is 24.2 Å². The Bertz CT molecular complexity index is 429. The summed E-state index contributed by atoms with van der Waals surface area (Å²) in [7, 11) is 1.61. The zero-order valence-electron chi connectivity index (χ0n) is 12.6. The topological polar surface area (TPSA) is 58.6 Å². The highest BCUT2D eigenvalue weighted by molar-refractivity contribution is 5.79. The molecule has 1 aromatic carbocycles. The van der Waals surface area contributed by atoms with E-state index in [1.54, 1.807) is 7.11 Å². The molecule has 0 bridgehead atoms. The third kappa shape index (κ3) is 5.61. The first-order valence-electron chi connectivity index (χ1n) is 6.98. The Balaban J connectivity index is 2.47. The van der Waals surface area contributed by atoms with E-state index in [0.29, 0.717) is 13.0 Å². The fraction of sp³-hybridized carbons (Fsp3) is 0.562. The molecule has 4 heteroatoms. The van der Waals surface area contributed by atoms with Crippen LogP contribution in [0.15, 0.2) is 24.3 Å². The van der Waals surface area contributed by atoms with Gasteiger partial charge >= 0.3 is 0 Å². The quantitative estimate of drug-likeness (QED) is 0.766. The van der Waals surface area contributed by atoms with Crippen LogP contribution in [0.5, 0.6) is 5.75 Å². The van der Waals surface area contributed by atoms with Crippen LogP contribution < -0.4 is 10.1 Å². The number of hydrogen-bond donors (Lipinski definition) is 2. The number of benzene rings is 1. The Labute approximate surface area is 121 Å². The van der Waals surface area contributed by atoms with E-state index in [2.05, 4.69) is 19.2 Å². The van der Waals surface area contributed by atoms with Crippen LogP contribution in [0, 0.1) is 5.41 Å². The van der Waals surface area contributed by atoms with Gasteiger partial charge in [0.05, 0.1) is 13.5 Å². The lowest BCUT2D eigenvalue weighted by atomic mass is 9.88. The highest BCUT2D eigenvalue weighted by atomic mass is 16.5. The third-order valence-corrected chi connectivity index (χ3v) is 3.32. The molecule has 2 N–H and O–H groups in total. The van der Waals surface area contributed by atoms with Crippen molar-refractivity contribution in [3.63, 3.8) is 0 Å². The SMILES string of the molecule is COc1ccccc1CC(=O)NCC(C)(C)CCCO. The lowest BCUT2D eigenvalue weighted by Crippen LogP contribution is -2.35. The number of ether oxygens (including phenoxy) is 1. The van der Waals surface area contributed by atoms with Crippen molar-refractivity contribution < 1.29 is 14.6 Å². The monoisotopic (exact) mass is 279 g/mol. The van der Waals surface area contributed by atoms with Crippen LogP contribution in [0.1, 0.15) is 32.3 Å². The second-order valence-electron chi connectivity index (χ2n) is 5.76. The van der Waals surface area contributed by atoms with Crippen molar-refractivity contribution in [2.75, 3.05) is 20.3 Å². The number of carbonyl (C=O) groups excluding carboxylic acids is 1. The van der Waals surface area contributed by atoms with E-state index in [4.69, 9.17) is 9.84 Å². The first kappa shape index (κ1) is 16.5. The molecule has 0 saturated heterocycles. The molecule has 0 spiro atoms. The lowest BCUT2D eigenvalue weighted by molar-refractivity contribution is -0.120. The summed E-state index contributed by atoms with van der Waals surface area (Å²) in [6, 6.07) is 7.54. The van der Waals surface area contributed by atoms with Crippen LogP contribution in [0.25, 0.3) is 0 Å². The maximum absolute atomic E-state index is 12.0. The van der Waals surface area contributed by atoms with Gasteiger partial charge in [-0.1, -0.05) is 32.0 Å². The molecule has 0 unspecified atom stereocenters. The number of para-hydroxylation sites is 1. The Morgan fingerprint density at radius 2 is 2.05 bits per heavy atom. The van der Waals surface area contributed by atoms with Crippen molar-refractivity contribution in [1.82, 2.24) is 5.32 Å². The smallest absolute Gasteiger partial charge is 0.224 e. The van der Waals surface area contributed by atoms with E-state index in [-0.39, 0.29) is 17.9 Å². The van der Waals surface area contributed by atoms with Gasteiger partial charge in [0.25, 0.3) is 0 Å². The number of rotatable bonds is 8. The molecular formula is C16H25NO3. The van der Waals surface area contributed by atoms with Crippen molar-refractivity contribution >= 4 is 5.91 Å². The predicted octanol–water partition coefficient (Wildman–Crippen LogP) is 2.15. The number of methoxy groups -OCH3 is 1. The Kier molecular flexibility index (Phi) is 6.52. The van der Waals surface area contributed by atoms with Crippen molar-refractivity contribution in [2.45, 2.75) is 33.1 Å². The molecule has 112 valence electrons. The van der Waals surface area contributed by atoms with Crippen LogP contribution in [0.4, 0.5) is 0 Å². The normalized spacial score (nSPS) is 11.2. The second-order valence-corrected chi connectivity index (χ2v) is 5.76. The molecule has 0 saturated carbocycles. The van der Waals surface area contributed by atoms with Gasteiger partial charge in [0.1, 0.15) is 5.75 Å². The van der Waals surface area contributed by atoms with Gasteiger partial charge < -0.3 is 15.2 Å². The fourth-order valence-electron chi connectivity index (χ4n) is 2.07. The van der Waals surface area contributed by atoms with Gasteiger partial charge in [0.2, 0.25) is 5.91 Å². The van der Waals surface area contributed by atoms with Crippen LogP contribution in [-0.2, 0) is 11.2 Å². The fourth-order valence-corrected chi connectivity index (χ4v) is 2.07. The Hall–Kier alpha value is -1.55. The van der Waals surface area contributed by atoms with Crippen LogP contribution in [0.3, 0.4) is 0 Å². The van der Waals surface area contributed by atoms with Gasteiger partial charge in [-0.2, -0.15) is 0 Å². The second kappa shape index (κ2) is 7.90. The standard InChI is InChI=1S/C16H25NO3/c1-16(2,9-6-10-18)12-17-15(19)11-13-7-4-5-8-14(13)20-3/h4-5,7-8,18H,6,9-12H2,1-3H3,(H,17,19). The molecule has 0 radical (unpaired) electrons. The van der Waals surface area contributed by atoms with Gasteiger partial charge in [0.15, 0.2) is 0 Å². The first-order valence-corrected chi connectivity index (χ1v) is 6.98. The minimum absolute atomic E-state index is 0.000829. The van der Waals surface area contributed by atoms with Gasteiger partial charge in [0, 0.05) is 18.7 Å². The highest BCUT2D eigenvalue weighted by Crippen LogP contribution is 2.21. The van der Waals surface area contributed by atoms with Crippen LogP contribution in [-0.4, -0.2) is 31.3 Å². The minimum atomic E-state index is -0.00780. The molecule has 20 heavy (non-hydrogen) atoms. The first-order chi connectivity index (χ1) is 9.48. The lowest BCUT2D eigenvalue weighted by Gasteiger charge is -2.24. The molecule has 1 amide bonds. The molecule has 0 heterocycles. The van der Waals surface area contributed by atoms with Gasteiger partial charge in [-0.3, -0.25) is 4.79 Å². The van der Waals surface area contributed by atoms with Gasteiger partial charge in [-0.25, -0.2) is 0 Å². The number of amides is 1. The zero-order chi connectivity index (χ0) is 15.0. The van der Waals surface area contributed by atoms with Crippen LogP contribution >= 0.6 is 0 Å². The summed E-state index contributed by atoms with van der Waals surface area (Å²) in [5.74, 6) is 0.730. The maximum atomic E-state index is 12.0.